The summed E-state index contributed by atoms with van der Waals surface area (Å²) < 4.78 is 17.5. The molecular weight excluding hydrogens is 606 g/mol. The van der Waals surface area contributed by atoms with Crippen LogP contribution in [0.15, 0.2) is 68.6 Å². The Morgan fingerprint density at radius 2 is 1.71 bits per heavy atom. The van der Waals surface area contributed by atoms with Gasteiger partial charge in [0.15, 0.2) is 18.1 Å². The number of nitrogens with one attached hydrogen (secondary N) is 2. The van der Waals surface area contributed by atoms with Crippen molar-refractivity contribution in [2.75, 3.05) is 26.1 Å². The van der Waals surface area contributed by atoms with E-state index < -0.39 is 5.91 Å². The van der Waals surface area contributed by atoms with Crippen LogP contribution in [0.1, 0.15) is 15.9 Å². The van der Waals surface area contributed by atoms with Gasteiger partial charge in [0.25, 0.3) is 11.8 Å². The lowest BCUT2D eigenvalue weighted by Gasteiger charge is -2.12. The third-order valence-electron chi connectivity index (χ3n) is 4.53. The molecule has 0 fully saturated rings. The molecule has 0 unspecified atom stereocenters. The summed E-state index contributed by atoms with van der Waals surface area (Å²) in [5, 5.41) is 7.33. The van der Waals surface area contributed by atoms with Crippen LogP contribution in [0.2, 0.25) is 5.02 Å². The molecule has 0 saturated heterocycles. The van der Waals surface area contributed by atoms with E-state index in [-0.39, 0.29) is 12.5 Å². The fourth-order valence-electron chi connectivity index (χ4n) is 2.90. The highest BCUT2D eigenvalue weighted by Crippen LogP contribution is 2.32. The molecule has 0 aliphatic carbocycles. The molecule has 0 radical (unpaired) electrons. The van der Waals surface area contributed by atoms with Crippen LogP contribution in [0.4, 0.5) is 5.69 Å². The van der Waals surface area contributed by atoms with E-state index in [0.717, 1.165) is 4.47 Å². The van der Waals surface area contributed by atoms with Crippen LogP contribution in [0.25, 0.3) is 0 Å². The molecular formula is C24H20Br2ClN3O5. The Hall–Kier alpha value is -3.08. The second-order valence-corrected chi connectivity index (χ2v) is 9.13. The van der Waals surface area contributed by atoms with Crippen LogP contribution >= 0.6 is 43.5 Å². The van der Waals surface area contributed by atoms with E-state index >= 15 is 0 Å². The van der Waals surface area contributed by atoms with Crippen molar-refractivity contribution in [3.63, 3.8) is 0 Å². The average Bonchev–Trinajstić information content (AvgIpc) is 2.84. The lowest BCUT2D eigenvalue weighted by atomic mass is 10.2. The summed E-state index contributed by atoms with van der Waals surface area (Å²) >= 11 is 12.7. The van der Waals surface area contributed by atoms with Crippen LogP contribution in [0.5, 0.6) is 17.2 Å². The van der Waals surface area contributed by atoms with Gasteiger partial charge >= 0.3 is 0 Å². The molecule has 2 amide bonds. The van der Waals surface area contributed by atoms with Crippen molar-refractivity contribution < 1.29 is 23.8 Å². The van der Waals surface area contributed by atoms with Crippen LogP contribution in [0, 0.1) is 0 Å². The largest absolute Gasteiger partial charge is 0.493 e. The number of nitrogens with zero attached hydrogens (tertiary/aromatic N) is 1. The number of hydrogen-bond donors (Lipinski definition) is 2. The number of anilines is 1. The van der Waals surface area contributed by atoms with Gasteiger partial charge in [-0.3, -0.25) is 9.59 Å². The summed E-state index contributed by atoms with van der Waals surface area (Å²) in [6.07, 6.45) is 1.42. The summed E-state index contributed by atoms with van der Waals surface area (Å²) in [5.41, 5.74) is 3.92. The monoisotopic (exact) mass is 623 g/mol. The number of ether oxygens (including phenoxy) is 3. The van der Waals surface area contributed by atoms with Crippen LogP contribution < -0.4 is 25.0 Å². The van der Waals surface area contributed by atoms with Crippen molar-refractivity contribution in [1.29, 1.82) is 0 Å². The Labute approximate surface area is 223 Å². The highest BCUT2D eigenvalue weighted by atomic mass is 79.9. The maximum atomic E-state index is 12.5. The highest BCUT2D eigenvalue weighted by molar-refractivity contribution is 9.11. The maximum absolute atomic E-state index is 12.5. The van der Waals surface area contributed by atoms with Gasteiger partial charge in [0, 0.05) is 26.3 Å². The molecule has 0 saturated carbocycles. The first-order chi connectivity index (χ1) is 16.8. The third-order valence-corrected chi connectivity index (χ3v) is 5.83. The Bertz CT molecular complexity index is 1250. The quantitative estimate of drug-likeness (QED) is 0.236. The molecule has 11 heteroatoms. The van der Waals surface area contributed by atoms with Crippen LogP contribution in [-0.4, -0.2) is 38.9 Å². The minimum absolute atomic E-state index is 0.248. The molecule has 0 spiro atoms. The van der Waals surface area contributed by atoms with Crippen molar-refractivity contribution in [2.24, 2.45) is 5.10 Å². The highest BCUT2D eigenvalue weighted by Gasteiger charge is 2.13. The SMILES string of the molecule is COc1ccc(C(=O)N/N=C/c2cc(Br)cc(Br)c2OCC(=O)Nc2ccc(Cl)cc2)cc1OC. The smallest absolute Gasteiger partial charge is 0.271 e. The normalized spacial score (nSPS) is 10.7. The van der Waals surface area contributed by atoms with E-state index in [9.17, 15) is 9.59 Å². The van der Waals surface area contributed by atoms with Gasteiger partial charge in [-0.1, -0.05) is 27.5 Å². The zero-order valence-electron chi connectivity index (χ0n) is 18.6. The zero-order valence-corrected chi connectivity index (χ0v) is 22.5. The summed E-state index contributed by atoms with van der Waals surface area (Å²) in [6, 6.07) is 15.0. The van der Waals surface area contributed by atoms with Crippen molar-refractivity contribution in [1.82, 2.24) is 5.43 Å². The molecule has 0 aliphatic rings. The minimum Gasteiger partial charge on any atom is -0.493 e. The van der Waals surface area contributed by atoms with Crippen LogP contribution in [-0.2, 0) is 4.79 Å². The number of hydrogen-bond acceptors (Lipinski definition) is 6. The molecule has 0 heterocycles. The Kier molecular flexibility index (Phi) is 9.53. The summed E-state index contributed by atoms with van der Waals surface area (Å²) in [6.45, 7) is -0.248. The Morgan fingerprint density at radius 3 is 2.40 bits per heavy atom. The Balaban J connectivity index is 1.68. The van der Waals surface area contributed by atoms with E-state index in [1.54, 1.807) is 54.6 Å². The minimum atomic E-state index is -0.443. The van der Waals surface area contributed by atoms with Gasteiger partial charge in [0.2, 0.25) is 0 Å². The van der Waals surface area contributed by atoms with Gasteiger partial charge in [0.05, 0.1) is 24.9 Å². The van der Waals surface area contributed by atoms with Gasteiger partial charge in [-0.05, 0) is 70.5 Å². The van der Waals surface area contributed by atoms with Gasteiger partial charge in [-0.25, -0.2) is 5.43 Å². The summed E-state index contributed by atoms with van der Waals surface area (Å²) in [7, 11) is 3.00. The standard InChI is InChI=1S/C24H20Br2ClN3O5/c1-33-20-8-3-14(10-21(20)34-2)24(32)30-28-12-15-9-16(25)11-19(26)23(15)35-13-22(31)29-18-6-4-17(27)5-7-18/h3-12H,13H2,1-2H3,(H,29,31)(H,30,32)/b28-12+. The number of hydrazone groups is 1. The van der Waals surface area contributed by atoms with Crippen LogP contribution in [0.3, 0.4) is 0 Å². The average molecular weight is 626 g/mol. The molecule has 182 valence electrons. The van der Waals surface area contributed by atoms with Crippen molar-refractivity contribution in [2.45, 2.75) is 0 Å². The summed E-state index contributed by atoms with van der Waals surface area (Å²) in [5.74, 6) is 0.512. The number of methoxy groups -OCH3 is 2. The first-order valence-electron chi connectivity index (χ1n) is 10.0. The number of carbonyl (C=O) groups excluding carboxylic acids is 2. The zero-order chi connectivity index (χ0) is 25.4. The molecule has 0 aliphatic heterocycles. The number of benzene rings is 3. The second kappa shape index (κ2) is 12.6. The van der Waals surface area contributed by atoms with E-state index in [1.807, 2.05) is 0 Å². The number of carbonyl (C=O) groups is 2. The van der Waals surface area contributed by atoms with Crippen molar-refractivity contribution in [3.8, 4) is 17.2 Å². The molecule has 0 aromatic heterocycles. The number of rotatable bonds is 9. The van der Waals surface area contributed by atoms with Gasteiger partial charge < -0.3 is 19.5 Å². The van der Waals surface area contributed by atoms with Crippen molar-refractivity contribution in [3.05, 3.63) is 79.7 Å². The third kappa shape index (κ3) is 7.45. The molecule has 0 bridgehead atoms. The molecule has 3 aromatic carbocycles. The van der Waals surface area contributed by atoms with E-state index in [0.29, 0.717) is 43.6 Å². The molecule has 2 N–H and O–H groups in total. The van der Waals surface area contributed by atoms with Crippen molar-refractivity contribution >= 4 is 67.2 Å². The maximum Gasteiger partial charge on any atom is 0.271 e. The lowest BCUT2D eigenvalue weighted by molar-refractivity contribution is -0.118. The second-order valence-electron chi connectivity index (χ2n) is 6.92. The predicted molar refractivity (Wildman–Crippen MR) is 142 cm³/mol. The predicted octanol–water partition coefficient (Wildman–Crippen LogP) is 5.66. The first-order valence-corrected chi connectivity index (χ1v) is 12.0. The van der Waals surface area contributed by atoms with E-state index in [2.05, 4.69) is 47.7 Å². The fraction of sp³-hybridized carbons (Fsp3) is 0.125. The lowest BCUT2D eigenvalue weighted by Crippen LogP contribution is -2.21. The number of amides is 2. The van der Waals surface area contributed by atoms with Gasteiger partial charge in [-0.2, -0.15) is 5.10 Å². The molecule has 8 nitrogen and oxygen atoms in total. The Morgan fingerprint density at radius 1 is 1.00 bits per heavy atom. The first kappa shape index (κ1) is 26.5. The van der Waals surface area contributed by atoms with Gasteiger partial charge in [0.1, 0.15) is 5.75 Å². The molecule has 3 rings (SSSR count). The topological polar surface area (TPSA) is 98.3 Å². The molecule has 3 aromatic rings. The van der Waals surface area contributed by atoms with E-state index in [4.69, 9.17) is 25.8 Å². The fourth-order valence-corrected chi connectivity index (χ4v) is 4.40. The molecule has 0 atom stereocenters. The molecule has 35 heavy (non-hydrogen) atoms. The summed E-state index contributed by atoms with van der Waals surface area (Å²) in [4.78, 5) is 24.8. The van der Waals surface area contributed by atoms with Gasteiger partial charge in [-0.15, -0.1) is 0 Å². The number of halogens is 3. The van der Waals surface area contributed by atoms with E-state index in [1.165, 1.54) is 20.4 Å².